The standard InChI is InChI=1S/C10H11BrN2O.C2H6/c1-7(8(2)14)12-13-10-5-3-9(11)4-6-10;1-2/h3-6,13H,1-2H3;1-2H3/b12-7+;. The molecule has 3 nitrogen and oxygen atoms in total. The maximum Gasteiger partial charge on any atom is 0.175 e. The van der Waals surface area contributed by atoms with Gasteiger partial charge in [0.2, 0.25) is 0 Å². The summed E-state index contributed by atoms with van der Waals surface area (Å²) in [5.41, 5.74) is 4.12. The fourth-order valence-corrected chi connectivity index (χ4v) is 1.02. The fraction of sp³-hybridized carbons (Fsp3) is 0.333. The van der Waals surface area contributed by atoms with E-state index in [0.717, 1.165) is 10.2 Å². The Morgan fingerprint density at radius 2 is 1.69 bits per heavy atom. The molecule has 0 bridgehead atoms. The van der Waals surface area contributed by atoms with E-state index in [1.807, 2.05) is 38.1 Å². The van der Waals surface area contributed by atoms with E-state index in [1.165, 1.54) is 6.92 Å². The van der Waals surface area contributed by atoms with Crippen LogP contribution in [0.3, 0.4) is 0 Å². The van der Waals surface area contributed by atoms with E-state index in [1.54, 1.807) is 6.92 Å². The molecule has 0 aliphatic heterocycles. The Hall–Kier alpha value is -1.16. The van der Waals surface area contributed by atoms with Crippen molar-refractivity contribution < 1.29 is 4.79 Å². The molecule has 0 amide bonds. The molecule has 1 aromatic rings. The number of Topliss-reactive ketones (excluding diaryl/α,β-unsaturated/α-hetero) is 1. The molecule has 1 N–H and O–H groups in total. The number of hydrogen-bond donors (Lipinski definition) is 1. The van der Waals surface area contributed by atoms with Crippen LogP contribution in [0, 0.1) is 0 Å². The van der Waals surface area contributed by atoms with Crippen LogP contribution in [-0.2, 0) is 4.79 Å². The molecule has 0 spiro atoms. The summed E-state index contributed by atoms with van der Waals surface area (Å²) in [6.45, 7) is 7.16. The highest BCUT2D eigenvalue weighted by Crippen LogP contribution is 2.13. The number of rotatable bonds is 3. The molecule has 88 valence electrons. The molecule has 1 aromatic carbocycles. The Morgan fingerprint density at radius 3 is 2.12 bits per heavy atom. The molecule has 0 saturated carbocycles. The molecule has 0 aliphatic carbocycles. The van der Waals surface area contributed by atoms with Gasteiger partial charge in [-0.1, -0.05) is 29.8 Å². The van der Waals surface area contributed by atoms with E-state index in [9.17, 15) is 4.79 Å². The van der Waals surface area contributed by atoms with E-state index in [-0.39, 0.29) is 5.78 Å². The van der Waals surface area contributed by atoms with Crippen LogP contribution in [0.5, 0.6) is 0 Å². The number of ketones is 1. The fourth-order valence-electron chi connectivity index (χ4n) is 0.752. The molecule has 16 heavy (non-hydrogen) atoms. The van der Waals surface area contributed by atoms with Crippen molar-refractivity contribution in [2.24, 2.45) is 5.10 Å². The van der Waals surface area contributed by atoms with Crippen molar-refractivity contribution in [3.8, 4) is 0 Å². The van der Waals surface area contributed by atoms with Gasteiger partial charge in [-0.2, -0.15) is 5.10 Å². The molecular weight excluding hydrogens is 268 g/mol. The molecule has 0 saturated heterocycles. The third-order valence-electron chi connectivity index (χ3n) is 1.71. The van der Waals surface area contributed by atoms with Crippen molar-refractivity contribution >= 4 is 33.1 Å². The lowest BCUT2D eigenvalue weighted by atomic mass is 10.3. The topological polar surface area (TPSA) is 41.5 Å². The largest absolute Gasteiger partial charge is 0.293 e. The normalized spacial score (nSPS) is 10.2. The van der Waals surface area contributed by atoms with E-state index in [4.69, 9.17) is 0 Å². The van der Waals surface area contributed by atoms with Crippen molar-refractivity contribution in [3.05, 3.63) is 28.7 Å². The smallest absolute Gasteiger partial charge is 0.175 e. The van der Waals surface area contributed by atoms with Crippen molar-refractivity contribution in [1.82, 2.24) is 0 Å². The summed E-state index contributed by atoms with van der Waals surface area (Å²) in [7, 11) is 0. The molecule has 0 heterocycles. The van der Waals surface area contributed by atoms with Crippen LogP contribution in [-0.4, -0.2) is 11.5 Å². The van der Waals surface area contributed by atoms with E-state index in [2.05, 4.69) is 26.5 Å². The number of nitrogens with zero attached hydrogens (tertiary/aromatic N) is 1. The van der Waals surface area contributed by atoms with Gasteiger partial charge in [0.15, 0.2) is 5.78 Å². The van der Waals surface area contributed by atoms with Crippen molar-refractivity contribution in [3.63, 3.8) is 0 Å². The molecule has 0 radical (unpaired) electrons. The SMILES string of the molecule is CC.CC(=O)/C(C)=N/Nc1ccc(Br)cc1. The molecular formula is C12H17BrN2O. The van der Waals surface area contributed by atoms with Gasteiger partial charge in [0, 0.05) is 11.4 Å². The van der Waals surface area contributed by atoms with Crippen LogP contribution >= 0.6 is 15.9 Å². The molecule has 1 rings (SSSR count). The average molecular weight is 285 g/mol. The molecule has 0 aliphatic rings. The van der Waals surface area contributed by atoms with Gasteiger partial charge >= 0.3 is 0 Å². The van der Waals surface area contributed by atoms with Crippen LogP contribution in [0.15, 0.2) is 33.8 Å². The number of hydrogen-bond acceptors (Lipinski definition) is 3. The number of carbonyl (C=O) groups excluding carboxylic acids is 1. The minimum atomic E-state index is -0.0328. The minimum Gasteiger partial charge on any atom is -0.293 e. The van der Waals surface area contributed by atoms with E-state index < -0.39 is 0 Å². The Labute approximate surface area is 105 Å². The van der Waals surface area contributed by atoms with Gasteiger partial charge in [-0.3, -0.25) is 10.2 Å². The van der Waals surface area contributed by atoms with Crippen LogP contribution < -0.4 is 5.43 Å². The summed E-state index contributed by atoms with van der Waals surface area (Å²) >= 11 is 3.33. The predicted molar refractivity (Wildman–Crippen MR) is 72.9 cm³/mol. The highest BCUT2D eigenvalue weighted by Gasteiger charge is 1.96. The van der Waals surface area contributed by atoms with Crippen molar-refractivity contribution in [2.75, 3.05) is 5.43 Å². The Balaban J connectivity index is 0.00000106. The number of hydrazone groups is 1. The summed E-state index contributed by atoms with van der Waals surface area (Å²) in [5.74, 6) is -0.0328. The van der Waals surface area contributed by atoms with E-state index >= 15 is 0 Å². The molecule has 0 unspecified atom stereocenters. The van der Waals surface area contributed by atoms with Crippen molar-refractivity contribution in [2.45, 2.75) is 27.7 Å². The highest BCUT2D eigenvalue weighted by molar-refractivity contribution is 9.10. The van der Waals surface area contributed by atoms with E-state index in [0.29, 0.717) is 5.71 Å². The molecule has 0 fully saturated rings. The third-order valence-corrected chi connectivity index (χ3v) is 2.24. The zero-order valence-corrected chi connectivity index (χ0v) is 11.6. The molecule has 4 heteroatoms. The monoisotopic (exact) mass is 284 g/mol. The van der Waals surface area contributed by atoms with Crippen LogP contribution in [0.2, 0.25) is 0 Å². The first-order valence-corrected chi connectivity index (χ1v) is 5.95. The molecule has 0 atom stereocenters. The average Bonchev–Trinajstić information content (AvgIpc) is 2.30. The van der Waals surface area contributed by atoms with Gasteiger partial charge in [-0.05, 0) is 31.2 Å². The highest BCUT2D eigenvalue weighted by atomic mass is 79.9. The maximum absolute atomic E-state index is 10.8. The number of nitrogens with one attached hydrogen (secondary N) is 1. The number of carbonyl (C=O) groups is 1. The van der Waals surface area contributed by atoms with Gasteiger partial charge in [-0.15, -0.1) is 0 Å². The van der Waals surface area contributed by atoms with Gasteiger partial charge in [0.25, 0.3) is 0 Å². The maximum atomic E-state index is 10.8. The second kappa shape index (κ2) is 8.05. The lowest BCUT2D eigenvalue weighted by Gasteiger charge is -2.00. The van der Waals surface area contributed by atoms with Gasteiger partial charge in [0.1, 0.15) is 5.71 Å². The summed E-state index contributed by atoms with van der Waals surface area (Å²) in [6, 6.07) is 7.56. The Morgan fingerprint density at radius 1 is 1.19 bits per heavy atom. The number of anilines is 1. The first-order valence-electron chi connectivity index (χ1n) is 5.16. The number of benzene rings is 1. The summed E-state index contributed by atoms with van der Waals surface area (Å²) in [6.07, 6.45) is 0. The Bertz CT molecular complexity index is 358. The summed E-state index contributed by atoms with van der Waals surface area (Å²) in [5, 5.41) is 3.93. The second-order valence-electron chi connectivity index (χ2n) is 2.87. The van der Waals surface area contributed by atoms with Gasteiger partial charge in [0.05, 0.1) is 5.69 Å². The van der Waals surface area contributed by atoms with Crippen LogP contribution in [0.4, 0.5) is 5.69 Å². The predicted octanol–water partition coefficient (Wildman–Crippen LogP) is 3.85. The van der Waals surface area contributed by atoms with Crippen LogP contribution in [0.25, 0.3) is 0 Å². The Kier molecular flexibility index (Phi) is 7.46. The zero-order chi connectivity index (χ0) is 12.6. The quantitative estimate of drug-likeness (QED) is 0.677. The number of halogens is 1. The lowest BCUT2D eigenvalue weighted by Crippen LogP contribution is -2.07. The zero-order valence-electron chi connectivity index (χ0n) is 10.0. The molecule has 0 aromatic heterocycles. The minimum absolute atomic E-state index is 0.0328. The second-order valence-corrected chi connectivity index (χ2v) is 3.79. The summed E-state index contributed by atoms with van der Waals surface area (Å²) < 4.78 is 1.01. The lowest BCUT2D eigenvalue weighted by molar-refractivity contribution is -0.111. The summed E-state index contributed by atoms with van der Waals surface area (Å²) in [4.78, 5) is 10.8. The third kappa shape index (κ3) is 5.66. The van der Waals surface area contributed by atoms with Gasteiger partial charge in [-0.25, -0.2) is 0 Å². The van der Waals surface area contributed by atoms with Crippen LogP contribution in [0.1, 0.15) is 27.7 Å². The van der Waals surface area contributed by atoms with Gasteiger partial charge < -0.3 is 0 Å². The first kappa shape index (κ1) is 14.8. The first-order chi connectivity index (χ1) is 7.59. The van der Waals surface area contributed by atoms with Crippen molar-refractivity contribution in [1.29, 1.82) is 0 Å².